The average Bonchev–Trinajstić information content (AvgIpc) is 2.77. The molecule has 1 fully saturated rings. The summed E-state index contributed by atoms with van der Waals surface area (Å²) in [7, 11) is 0. The predicted molar refractivity (Wildman–Crippen MR) is 98.0 cm³/mol. The quantitative estimate of drug-likeness (QED) is 0.574. The van der Waals surface area contributed by atoms with E-state index in [1.807, 2.05) is 32.0 Å². The molecule has 1 aliphatic rings. The van der Waals surface area contributed by atoms with Crippen LogP contribution in [0.4, 0.5) is 10.1 Å². The van der Waals surface area contributed by atoms with Gasteiger partial charge in [0, 0.05) is 0 Å². The Bertz CT molecular complexity index is 827. The topological polar surface area (TPSA) is 20.3 Å². The Hall–Kier alpha value is -1.98. The molecule has 2 aromatic rings. The molecule has 0 N–H and O–H groups in total. The molecule has 0 saturated carbocycles. The highest BCUT2D eigenvalue weighted by Gasteiger charge is 2.33. The second-order valence-corrected chi connectivity index (χ2v) is 7.03. The van der Waals surface area contributed by atoms with E-state index in [1.54, 1.807) is 23.1 Å². The summed E-state index contributed by atoms with van der Waals surface area (Å²) >= 11 is 6.64. The van der Waals surface area contributed by atoms with Gasteiger partial charge in [-0.1, -0.05) is 53.8 Å². The summed E-state index contributed by atoms with van der Waals surface area (Å²) in [4.78, 5) is 14.8. The van der Waals surface area contributed by atoms with Crippen LogP contribution >= 0.6 is 24.0 Å². The van der Waals surface area contributed by atoms with Crippen molar-refractivity contribution in [2.45, 2.75) is 13.8 Å². The number of carbonyl (C=O) groups excluding carboxylic acids is 1. The lowest BCUT2D eigenvalue weighted by atomic mass is 10.1. The van der Waals surface area contributed by atoms with Crippen LogP contribution in [0.5, 0.6) is 0 Å². The normalized spacial score (nSPS) is 16.5. The van der Waals surface area contributed by atoms with E-state index < -0.39 is 0 Å². The van der Waals surface area contributed by atoms with Crippen molar-refractivity contribution < 1.29 is 9.18 Å². The van der Waals surface area contributed by atoms with Gasteiger partial charge >= 0.3 is 0 Å². The van der Waals surface area contributed by atoms with Gasteiger partial charge in [0.25, 0.3) is 5.91 Å². The van der Waals surface area contributed by atoms with Crippen LogP contribution in [-0.2, 0) is 4.79 Å². The van der Waals surface area contributed by atoms with E-state index >= 15 is 0 Å². The highest BCUT2D eigenvalue weighted by atomic mass is 32.2. The Kier molecular flexibility index (Phi) is 4.33. The van der Waals surface area contributed by atoms with Crippen LogP contribution in [0.1, 0.15) is 16.7 Å². The van der Waals surface area contributed by atoms with Crippen LogP contribution in [0.15, 0.2) is 47.4 Å². The number of benzene rings is 2. The van der Waals surface area contributed by atoms with Gasteiger partial charge in [0.05, 0.1) is 10.6 Å². The number of hydrogen-bond donors (Lipinski definition) is 0. The Morgan fingerprint density at radius 3 is 2.48 bits per heavy atom. The minimum absolute atomic E-state index is 0.142. The van der Waals surface area contributed by atoms with Gasteiger partial charge in [0.15, 0.2) is 4.32 Å². The summed E-state index contributed by atoms with van der Waals surface area (Å²) in [5, 5.41) is 0. The lowest BCUT2D eigenvalue weighted by Gasteiger charge is -2.17. The molecule has 2 nitrogen and oxygen atoms in total. The Balaban J connectivity index is 1.95. The number of amides is 1. The molecule has 0 atom stereocenters. The number of carbonyl (C=O) groups is 1. The lowest BCUT2D eigenvalue weighted by molar-refractivity contribution is -0.113. The fourth-order valence-electron chi connectivity index (χ4n) is 2.44. The molecule has 116 valence electrons. The highest BCUT2D eigenvalue weighted by molar-refractivity contribution is 8.27. The Morgan fingerprint density at radius 2 is 1.83 bits per heavy atom. The third kappa shape index (κ3) is 3.21. The smallest absolute Gasteiger partial charge is 0.268 e. The van der Waals surface area contributed by atoms with Crippen LogP contribution in [0.25, 0.3) is 6.08 Å². The largest absolute Gasteiger partial charge is 0.270 e. The molecule has 0 radical (unpaired) electrons. The molecule has 2 aromatic carbocycles. The zero-order valence-corrected chi connectivity index (χ0v) is 14.3. The molecule has 0 unspecified atom stereocenters. The molecule has 1 heterocycles. The van der Waals surface area contributed by atoms with Gasteiger partial charge < -0.3 is 0 Å². The summed E-state index contributed by atoms with van der Waals surface area (Å²) in [6.45, 7) is 3.97. The standard InChI is InChI=1S/C18H14FNOS2/c1-11-3-8-15(12(2)9-11)20-17(21)16(23-18(20)22)10-13-4-6-14(19)7-5-13/h3-10H,1-2H3/b16-10-. The number of thiocarbonyl (C=S) groups is 1. The fourth-order valence-corrected chi connectivity index (χ4v) is 3.73. The van der Waals surface area contributed by atoms with Crippen LogP contribution < -0.4 is 4.90 Å². The molecule has 5 heteroatoms. The number of halogens is 1. The van der Waals surface area contributed by atoms with E-state index in [0.29, 0.717) is 9.23 Å². The summed E-state index contributed by atoms with van der Waals surface area (Å²) < 4.78 is 13.5. The third-order valence-corrected chi connectivity index (χ3v) is 4.86. The molecule has 0 spiro atoms. The summed E-state index contributed by atoms with van der Waals surface area (Å²) in [5.74, 6) is -0.443. The van der Waals surface area contributed by atoms with Crippen molar-refractivity contribution >= 4 is 46.0 Å². The van der Waals surface area contributed by atoms with E-state index in [9.17, 15) is 9.18 Å². The molecule has 0 aromatic heterocycles. The number of aryl methyl sites for hydroxylation is 2. The number of rotatable bonds is 2. The maximum absolute atomic E-state index is 13.0. The SMILES string of the molecule is Cc1ccc(N2C(=O)/C(=C/c3ccc(F)cc3)SC2=S)c(C)c1. The molecule has 23 heavy (non-hydrogen) atoms. The Morgan fingerprint density at radius 1 is 1.13 bits per heavy atom. The minimum atomic E-state index is -0.301. The first-order valence-corrected chi connectivity index (χ1v) is 8.29. The third-order valence-electron chi connectivity index (χ3n) is 3.55. The molecule has 1 aliphatic heterocycles. The van der Waals surface area contributed by atoms with Crippen molar-refractivity contribution in [2.24, 2.45) is 0 Å². The molecular weight excluding hydrogens is 329 g/mol. The fraction of sp³-hybridized carbons (Fsp3) is 0.111. The van der Waals surface area contributed by atoms with Gasteiger partial charge in [-0.2, -0.15) is 0 Å². The van der Waals surface area contributed by atoms with Gasteiger partial charge in [0.2, 0.25) is 0 Å². The van der Waals surface area contributed by atoms with Crippen LogP contribution in [0.2, 0.25) is 0 Å². The van der Waals surface area contributed by atoms with Crippen LogP contribution in [0.3, 0.4) is 0 Å². The molecule has 0 bridgehead atoms. The monoisotopic (exact) mass is 343 g/mol. The van der Waals surface area contributed by atoms with Crippen LogP contribution in [-0.4, -0.2) is 10.2 Å². The van der Waals surface area contributed by atoms with E-state index in [1.165, 1.54) is 23.9 Å². The highest BCUT2D eigenvalue weighted by Crippen LogP contribution is 2.37. The maximum atomic E-state index is 13.0. The van der Waals surface area contributed by atoms with Crippen molar-refractivity contribution in [1.29, 1.82) is 0 Å². The zero-order chi connectivity index (χ0) is 16.6. The number of anilines is 1. The second kappa shape index (κ2) is 6.26. The van der Waals surface area contributed by atoms with Crippen molar-refractivity contribution in [3.63, 3.8) is 0 Å². The number of thioether (sulfide) groups is 1. The van der Waals surface area contributed by atoms with Gasteiger partial charge in [0.1, 0.15) is 5.82 Å². The Labute approximate surface area is 144 Å². The molecule has 1 saturated heterocycles. The van der Waals surface area contributed by atoms with E-state index in [2.05, 4.69) is 0 Å². The van der Waals surface area contributed by atoms with Crippen molar-refractivity contribution in [3.8, 4) is 0 Å². The van der Waals surface area contributed by atoms with Crippen molar-refractivity contribution in [2.75, 3.05) is 4.90 Å². The first kappa shape index (κ1) is 15.9. The first-order valence-electron chi connectivity index (χ1n) is 7.06. The molecule has 0 aliphatic carbocycles. The number of hydrogen-bond acceptors (Lipinski definition) is 3. The summed E-state index contributed by atoms with van der Waals surface area (Å²) in [5.41, 5.74) is 3.72. The predicted octanol–water partition coefficient (Wildman–Crippen LogP) is 4.85. The van der Waals surface area contributed by atoms with E-state index in [0.717, 1.165) is 22.4 Å². The average molecular weight is 343 g/mol. The van der Waals surface area contributed by atoms with Gasteiger partial charge in [-0.15, -0.1) is 0 Å². The first-order chi connectivity index (χ1) is 11.0. The summed E-state index contributed by atoms with van der Waals surface area (Å²) in [6.07, 6.45) is 1.74. The van der Waals surface area contributed by atoms with E-state index in [4.69, 9.17) is 12.2 Å². The molecular formula is C18H14FNOS2. The van der Waals surface area contributed by atoms with Gasteiger partial charge in [-0.05, 0) is 49.2 Å². The second-order valence-electron chi connectivity index (χ2n) is 5.36. The zero-order valence-electron chi connectivity index (χ0n) is 12.7. The van der Waals surface area contributed by atoms with Gasteiger partial charge in [-0.3, -0.25) is 9.69 Å². The van der Waals surface area contributed by atoms with Crippen molar-refractivity contribution in [3.05, 3.63) is 69.9 Å². The molecule has 1 amide bonds. The van der Waals surface area contributed by atoms with Crippen molar-refractivity contribution in [1.82, 2.24) is 0 Å². The van der Waals surface area contributed by atoms with E-state index in [-0.39, 0.29) is 11.7 Å². The molecule has 3 rings (SSSR count). The van der Waals surface area contributed by atoms with Gasteiger partial charge in [-0.25, -0.2) is 4.39 Å². The van der Waals surface area contributed by atoms with Crippen LogP contribution in [0, 0.1) is 19.7 Å². The minimum Gasteiger partial charge on any atom is -0.268 e. The summed E-state index contributed by atoms with van der Waals surface area (Å²) in [6, 6.07) is 11.9. The lowest BCUT2D eigenvalue weighted by Crippen LogP contribution is -2.28. The maximum Gasteiger partial charge on any atom is 0.270 e. The number of nitrogens with zero attached hydrogens (tertiary/aromatic N) is 1.